The number of rotatable bonds is 5. The molecule has 2 saturated heterocycles. The SMILES string of the molecule is C.CN1CCN(CCCCN2C(=O)CN(C)C2=O)CC1. The Morgan fingerprint density at radius 3 is 2.10 bits per heavy atom. The highest BCUT2D eigenvalue weighted by atomic mass is 16.2. The van der Waals surface area contributed by atoms with Gasteiger partial charge in [0.2, 0.25) is 5.91 Å². The second-order valence-electron chi connectivity index (χ2n) is 5.54. The Kier molecular flexibility index (Phi) is 6.42. The molecule has 0 N–H and O–H groups in total. The van der Waals surface area contributed by atoms with E-state index < -0.39 is 0 Å². The number of amides is 3. The van der Waals surface area contributed by atoms with Crippen molar-refractivity contribution in [1.29, 1.82) is 0 Å². The van der Waals surface area contributed by atoms with Gasteiger partial charge in [-0.1, -0.05) is 7.43 Å². The lowest BCUT2D eigenvalue weighted by atomic mass is 10.2. The summed E-state index contributed by atoms with van der Waals surface area (Å²) in [5, 5.41) is 0. The number of urea groups is 1. The van der Waals surface area contributed by atoms with Gasteiger partial charge in [0.25, 0.3) is 0 Å². The van der Waals surface area contributed by atoms with Gasteiger partial charge in [-0.2, -0.15) is 0 Å². The number of likely N-dealkylation sites (N-methyl/N-ethyl adjacent to an activating group) is 2. The summed E-state index contributed by atoms with van der Waals surface area (Å²) >= 11 is 0. The van der Waals surface area contributed by atoms with Crippen LogP contribution < -0.4 is 0 Å². The zero-order valence-corrected chi connectivity index (χ0v) is 12.0. The molecule has 0 bridgehead atoms. The van der Waals surface area contributed by atoms with Crippen molar-refractivity contribution in [2.75, 3.05) is 59.9 Å². The molecule has 6 heteroatoms. The van der Waals surface area contributed by atoms with E-state index in [2.05, 4.69) is 16.8 Å². The van der Waals surface area contributed by atoms with E-state index in [0.29, 0.717) is 6.54 Å². The molecule has 2 fully saturated rings. The first kappa shape index (κ1) is 16.9. The van der Waals surface area contributed by atoms with E-state index >= 15 is 0 Å². The molecule has 0 unspecified atom stereocenters. The van der Waals surface area contributed by atoms with Gasteiger partial charge in [0.1, 0.15) is 6.54 Å². The van der Waals surface area contributed by atoms with Crippen LogP contribution in [0.2, 0.25) is 0 Å². The fourth-order valence-corrected chi connectivity index (χ4v) is 2.57. The highest BCUT2D eigenvalue weighted by molar-refractivity contribution is 6.01. The molecule has 0 atom stereocenters. The van der Waals surface area contributed by atoms with Crippen molar-refractivity contribution in [3.63, 3.8) is 0 Å². The topological polar surface area (TPSA) is 47.1 Å². The van der Waals surface area contributed by atoms with Crippen molar-refractivity contribution in [3.05, 3.63) is 0 Å². The maximum absolute atomic E-state index is 11.7. The van der Waals surface area contributed by atoms with Crippen LogP contribution in [-0.4, -0.2) is 91.4 Å². The number of carbonyl (C=O) groups excluding carboxylic acids is 2. The van der Waals surface area contributed by atoms with Crippen molar-refractivity contribution in [2.24, 2.45) is 0 Å². The molecule has 20 heavy (non-hydrogen) atoms. The largest absolute Gasteiger partial charge is 0.326 e. The standard InChI is InChI=1S/C13H24N4O2.CH4/c1-14-7-9-16(10-8-14)5-3-4-6-17-12(18)11-15(2)13(17)19;/h3-11H2,1-2H3;1H4. The van der Waals surface area contributed by atoms with Gasteiger partial charge >= 0.3 is 6.03 Å². The van der Waals surface area contributed by atoms with Crippen LogP contribution in [0, 0.1) is 0 Å². The summed E-state index contributed by atoms with van der Waals surface area (Å²) in [5.74, 6) is -0.0629. The number of carbonyl (C=O) groups is 2. The predicted octanol–water partition coefficient (Wildman–Crippen LogP) is 0.544. The third kappa shape index (κ3) is 4.18. The zero-order valence-electron chi connectivity index (χ0n) is 12.0. The van der Waals surface area contributed by atoms with E-state index in [0.717, 1.165) is 45.6 Å². The van der Waals surface area contributed by atoms with Gasteiger partial charge in [0.05, 0.1) is 0 Å². The maximum Gasteiger partial charge on any atom is 0.326 e. The summed E-state index contributed by atoms with van der Waals surface area (Å²) < 4.78 is 0. The number of hydrogen-bond donors (Lipinski definition) is 0. The van der Waals surface area contributed by atoms with Gasteiger partial charge in [-0.15, -0.1) is 0 Å². The van der Waals surface area contributed by atoms with E-state index in [9.17, 15) is 9.59 Å². The van der Waals surface area contributed by atoms with E-state index in [4.69, 9.17) is 0 Å². The van der Waals surface area contributed by atoms with E-state index in [-0.39, 0.29) is 25.9 Å². The van der Waals surface area contributed by atoms with Crippen molar-refractivity contribution in [2.45, 2.75) is 20.3 Å². The first-order valence-electron chi connectivity index (χ1n) is 7.04. The molecule has 0 spiro atoms. The van der Waals surface area contributed by atoms with E-state index in [1.54, 1.807) is 7.05 Å². The molecule has 0 aromatic rings. The average Bonchev–Trinajstić information content (AvgIpc) is 2.62. The van der Waals surface area contributed by atoms with E-state index in [1.807, 2.05) is 0 Å². The maximum atomic E-state index is 11.7. The summed E-state index contributed by atoms with van der Waals surface area (Å²) in [5.41, 5.74) is 0. The smallest absolute Gasteiger partial charge is 0.318 e. The predicted molar refractivity (Wildman–Crippen MR) is 79.6 cm³/mol. The van der Waals surface area contributed by atoms with Crippen molar-refractivity contribution in [1.82, 2.24) is 19.6 Å². The number of nitrogens with zero attached hydrogens (tertiary/aromatic N) is 4. The van der Waals surface area contributed by atoms with E-state index in [1.165, 1.54) is 9.80 Å². The number of imide groups is 1. The molecule has 116 valence electrons. The van der Waals surface area contributed by atoms with Gasteiger partial charge in [-0.25, -0.2) is 4.79 Å². The number of piperazine rings is 1. The summed E-state index contributed by atoms with van der Waals surface area (Å²) in [6.45, 7) is 6.39. The zero-order chi connectivity index (χ0) is 13.8. The summed E-state index contributed by atoms with van der Waals surface area (Å²) in [6, 6.07) is -0.149. The molecular formula is C14H28N4O2. The summed E-state index contributed by atoms with van der Waals surface area (Å²) in [7, 11) is 3.82. The lowest BCUT2D eigenvalue weighted by Crippen LogP contribution is -2.44. The summed E-state index contributed by atoms with van der Waals surface area (Å²) in [6.07, 6.45) is 1.95. The van der Waals surface area contributed by atoms with Crippen LogP contribution in [0.3, 0.4) is 0 Å². The molecule has 2 aliphatic heterocycles. The Balaban J connectivity index is 0.00000200. The van der Waals surface area contributed by atoms with Crippen LogP contribution in [0.1, 0.15) is 20.3 Å². The molecule has 6 nitrogen and oxygen atoms in total. The Hall–Kier alpha value is -1.14. The Labute approximate surface area is 122 Å². The summed E-state index contributed by atoms with van der Waals surface area (Å²) in [4.78, 5) is 30.9. The fraction of sp³-hybridized carbons (Fsp3) is 0.857. The van der Waals surface area contributed by atoms with Gasteiger partial charge in [-0.3, -0.25) is 9.69 Å². The monoisotopic (exact) mass is 284 g/mol. The van der Waals surface area contributed by atoms with Crippen LogP contribution in [0.5, 0.6) is 0 Å². The van der Waals surface area contributed by atoms with Gasteiger partial charge in [0, 0.05) is 39.8 Å². The first-order valence-corrected chi connectivity index (χ1v) is 7.04. The van der Waals surface area contributed by atoms with Gasteiger partial charge < -0.3 is 14.7 Å². The van der Waals surface area contributed by atoms with Crippen LogP contribution in [0.15, 0.2) is 0 Å². The van der Waals surface area contributed by atoms with Crippen LogP contribution in [0.4, 0.5) is 4.79 Å². The minimum Gasteiger partial charge on any atom is -0.318 e. The number of unbranched alkanes of at least 4 members (excludes halogenated alkanes) is 1. The minimum atomic E-state index is -0.149. The lowest BCUT2D eigenvalue weighted by molar-refractivity contribution is -0.125. The fourth-order valence-electron chi connectivity index (χ4n) is 2.57. The highest BCUT2D eigenvalue weighted by Gasteiger charge is 2.32. The minimum absolute atomic E-state index is 0. The normalized spacial score (nSPS) is 21.5. The molecule has 0 aliphatic carbocycles. The molecule has 0 radical (unpaired) electrons. The van der Waals surface area contributed by atoms with Crippen molar-refractivity contribution in [3.8, 4) is 0 Å². The third-order valence-corrected chi connectivity index (χ3v) is 3.93. The molecule has 0 aromatic carbocycles. The molecule has 2 rings (SSSR count). The van der Waals surface area contributed by atoms with Crippen molar-refractivity contribution >= 4 is 11.9 Å². The molecule has 0 aromatic heterocycles. The Bertz CT molecular complexity index is 340. The average molecular weight is 284 g/mol. The quantitative estimate of drug-likeness (QED) is 0.546. The molecule has 2 heterocycles. The molecule has 2 aliphatic rings. The molecule has 3 amide bonds. The second-order valence-corrected chi connectivity index (χ2v) is 5.54. The highest BCUT2D eigenvalue weighted by Crippen LogP contribution is 2.09. The van der Waals surface area contributed by atoms with Gasteiger partial charge in [-0.05, 0) is 26.4 Å². The Morgan fingerprint density at radius 1 is 0.950 bits per heavy atom. The molecular weight excluding hydrogens is 256 g/mol. The van der Waals surface area contributed by atoms with Crippen molar-refractivity contribution < 1.29 is 9.59 Å². The first-order chi connectivity index (χ1) is 9.08. The van der Waals surface area contributed by atoms with Crippen LogP contribution >= 0.6 is 0 Å². The Morgan fingerprint density at radius 2 is 1.55 bits per heavy atom. The second kappa shape index (κ2) is 7.59. The van der Waals surface area contributed by atoms with Crippen LogP contribution in [0.25, 0.3) is 0 Å². The molecule has 0 saturated carbocycles. The third-order valence-electron chi connectivity index (χ3n) is 3.93. The van der Waals surface area contributed by atoms with Crippen LogP contribution in [-0.2, 0) is 4.79 Å². The van der Waals surface area contributed by atoms with Gasteiger partial charge in [0.15, 0.2) is 0 Å². The number of hydrogen-bond acceptors (Lipinski definition) is 4. The lowest BCUT2D eigenvalue weighted by Gasteiger charge is -2.32.